The van der Waals surface area contributed by atoms with Crippen LogP contribution in [-0.2, 0) is 21.3 Å². The van der Waals surface area contributed by atoms with Gasteiger partial charge in [-0.05, 0) is 35.5 Å². The molecule has 0 spiro atoms. The third-order valence-electron chi connectivity index (χ3n) is 2.60. The van der Waals surface area contributed by atoms with Crippen molar-refractivity contribution in [2.45, 2.75) is 23.9 Å². The van der Waals surface area contributed by atoms with Crippen molar-refractivity contribution in [3.05, 3.63) is 14.7 Å². The summed E-state index contributed by atoms with van der Waals surface area (Å²) in [6, 6.07) is 1.58. The van der Waals surface area contributed by atoms with Crippen LogP contribution in [0.5, 0.6) is 0 Å². The Balaban J connectivity index is 2.17. The Labute approximate surface area is 119 Å². The minimum absolute atomic E-state index is 0.116. The van der Waals surface area contributed by atoms with Gasteiger partial charge in [0.25, 0.3) is 0 Å². The van der Waals surface area contributed by atoms with Crippen LogP contribution in [0.2, 0.25) is 0 Å². The molecular weight excluding hydrogens is 340 g/mol. The monoisotopic (exact) mass is 354 g/mol. The van der Waals surface area contributed by atoms with Gasteiger partial charge in [0.15, 0.2) is 0 Å². The van der Waals surface area contributed by atoms with Gasteiger partial charge >= 0.3 is 0 Å². The van der Waals surface area contributed by atoms with Crippen LogP contribution >= 0.6 is 27.3 Å². The molecule has 1 fully saturated rings. The van der Waals surface area contributed by atoms with Gasteiger partial charge in [-0.2, -0.15) is 0 Å². The van der Waals surface area contributed by atoms with Crippen LogP contribution in [0.4, 0.5) is 0 Å². The van der Waals surface area contributed by atoms with E-state index in [1.807, 2.05) is 7.05 Å². The number of hydrogen-bond donors (Lipinski definition) is 2. The molecule has 2 rings (SSSR count). The van der Waals surface area contributed by atoms with Crippen molar-refractivity contribution in [1.82, 2.24) is 10.0 Å². The van der Waals surface area contributed by atoms with Gasteiger partial charge < -0.3 is 10.1 Å². The van der Waals surface area contributed by atoms with Gasteiger partial charge in [-0.25, -0.2) is 13.1 Å². The molecule has 2 heterocycles. The lowest BCUT2D eigenvalue weighted by atomic mass is 10.3. The molecule has 1 aromatic rings. The third-order valence-corrected chi connectivity index (χ3v) is 6.37. The molecule has 8 heteroatoms. The fourth-order valence-corrected chi connectivity index (χ4v) is 5.70. The molecule has 1 aromatic heterocycles. The highest BCUT2D eigenvalue weighted by Crippen LogP contribution is 2.31. The van der Waals surface area contributed by atoms with E-state index in [2.05, 4.69) is 26.0 Å². The van der Waals surface area contributed by atoms with Crippen molar-refractivity contribution in [1.29, 1.82) is 0 Å². The quantitative estimate of drug-likeness (QED) is 0.836. The lowest BCUT2D eigenvalue weighted by Crippen LogP contribution is -2.34. The molecule has 0 saturated carbocycles. The fourth-order valence-electron chi connectivity index (χ4n) is 1.75. The van der Waals surface area contributed by atoms with E-state index in [4.69, 9.17) is 4.74 Å². The summed E-state index contributed by atoms with van der Waals surface area (Å²) < 4.78 is 32.9. The molecule has 102 valence electrons. The summed E-state index contributed by atoms with van der Waals surface area (Å²) in [7, 11) is -1.64. The number of halogens is 1. The minimum atomic E-state index is -3.47. The predicted octanol–water partition coefficient (Wildman–Crippen LogP) is 1.30. The normalized spacial score (nSPS) is 20.4. The van der Waals surface area contributed by atoms with E-state index in [1.54, 1.807) is 6.07 Å². The lowest BCUT2D eigenvalue weighted by molar-refractivity contribution is 0.192. The number of rotatable bonds is 5. The van der Waals surface area contributed by atoms with Crippen LogP contribution in [-0.4, -0.2) is 34.7 Å². The highest BCUT2D eigenvalue weighted by atomic mass is 79.9. The number of ether oxygens (including phenoxy) is 1. The van der Waals surface area contributed by atoms with Gasteiger partial charge in [0.1, 0.15) is 4.90 Å². The van der Waals surface area contributed by atoms with E-state index in [-0.39, 0.29) is 6.04 Å². The fraction of sp³-hybridized carbons (Fsp3) is 0.600. The summed E-state index contributed by atoms with van der Waals surface area (Å²) in [5.74, 6) is 0. The molecule has 1 aliphatic heterocycles. The van der Waals surface area contributed by atoms with Crippen LogP contribution in [0, 0.1) is 0 Å². The maximum Gasteiger partial charge on any atom is 0.242 e. The average molecular weight is 355 g/mol. The molecule has 0 aliphatic carbocycles. The van der Waals surface area contributed by atoms with E-state index in [9.17, 15) is 8.42 Å². The Kier molecular flexibility index (Phi) is 4.79. The Morgan fingerprint density at radius 2 is 2.39 bits per heavy atom. The molecule has 0 amide bonds. The average Bonchev–Trinajstić information content (AvgIpc) is 2.88. The zero-order valence-electron chi connectivity index (χ0n) is 9.90. The highest BCUT2D eigenvalue weighted by molar-refractivity contribution is 9.11. The van der Waals surface area contributed by atoms with Gasteiger partial charge in [0, 0.05) is 24.1 Å². The Hall–Kier alpha value is 0.01000. The molecule has 18 heavy (non-hydrogen) atoms. The summed E-state index contributed by atoms with van der Waals surface area (Å²) in [4.78, 5) is 1.29. The van der Waals surface area contributed by atoms with Gasteiger partial charge in [-0.1, -0.05) is 0 Å². The Bertz CT molecular complexity index is 509. The first kappa shape index (κ1) is 14.4. The minimum Gasteiger partial charge on any atom is -0.380 e. The Morgan fingerprint density at radius 3 is 3.00 bits per heavy atom. The van der Waals surface area contributed by atoms with Gasteiger partial charge in [0.05, 0.1) is 10.4 Å². The second-order valence-electron chi connectivity index (χ2n) is 4.06. The van der Waals surface area contributed by atoms with Gasteiger partial charge in [0.2, 0.25) is 10.0 Å². The van der Waals surface area contributed by atoms with Crippen molar-refractivity contribution in [3.8, 4) is 0 Å². The molecule has 1 atom stereocenters. The molecule has 2 N–H and O–H groups in total. The second kappa shape index (κ2) is 5.98. The number of thiophene rings is 1. The molecule has 1 aliphatic rings. The summed E-state index contributed by atoms with van der Waals surface area (Å²) in [5.41, 5.74) is 0. The molecular formula is C10H15BrN2O3S2. The van der Waals surface area contributed by atoms with Gasteiger partial charge in [-0.15, -0.1) is 11.3 Å². The molecule has 1 saturated heterocycles. The first-order valence-electron chi connectivity index (χ1n) is 5.56. The van der Waals surface area contributed by atoms with E-state index in [0.29, 0.717) is 28.4 Å². The van der Waals surface area contributed by atoms with E-state index in [1.165, 1.54) is 11.3 Å². The van der Waals surface area contributed by atoms with Crippen molar-refractivity contribution in [2.75, 3.05) is 20.3 Å². The van der Waals surface area contributed by atoms with Crippen LogP contribution in [0.3, 0.4) is 0 Å². The summed E-state index contributed by atoms with van der Waals surface area (Å²) in [6.07, 6.45) is 0.727. The first-order valence-corrected chi connectivity index (χ1v) is 8.65. The molecule has 0 aromatic carbocycles. The molecule has 0 radical (unpaired) electrons. The third kappa shape index (κ3) is 3.31. The van der Waals surface area contributed by atoms with Crippen LogP contribution in [0.1, 0.15) is 11.3 Å². The van der Waals surface area contributed by atoms with E-state index in [0.717, 1.165) is 11.3 Å². The zero-order chi connectivity index (χ0) is 13.2. The van der Waals surface area contributed by atoms with E-state index >= 15 is 0 Å². The van der Waals surface area contributed by atoms with Crippen molar-refractivity contribution in [3.63, 3.8) is 0 Å². The Morgan fingerprint density at radius 1 is 1.61 bits per heavy atom. The largest absolute Gasteiger partial charge is 0.380 e. The first-order chi connectivity index (χ1) is 8.53. The van der Waals surface area contributed by atoms with Crippen LogP contribution < -0.4 is 10.0 Å². The molecule has 5 nitrogen and oxygen atoms in total. The summed E-state index contributed by atoms with van der Waals surface area (Å²) in [5, 5.41) is 3.00. The maximum atomic E-state index is 12.2. The van der Waals surface area contributed by atoms with E-state index < -0.39 is 10.0 Å². The SMILES string of the molecule is CNCc1cc(S(=O)(=O)NC2CCOC2)c(Br)s1. The summed E-state index contributed by atoms with van der Waals surface area (Å²) in [6.45, 7) is 1.72. The van der Waals surface area contributed by atoms with Gasteiger partial charge in [-0.3, -0.25) is 0 Å². The smallest absolute Gasteiger partial charge is 0.242 e. The topological polar surface area (TPSA) is 67.4 Å². The predicted molar refractivity (Wildman–Crippen MR) is 74.3 cm³/mol. The standard InChI is InChI=1S/C10H15BrN2O3S2/c1-12-5-8-4-9(10(11)17-8)18(14,15)13-7-2-3-16-6-7/h4,7,12-13H,2-3,5-6H2,1H3. The van der Waals surface area contributed by atoms with Crippen molar-refractivity contribution in [2.24, 2.45) is 0 Å². The summed E-state index contributed by atoms with van der Waals surface area (Å²) >= 11 is 4.74. The molecule has 1 unspecified atom stereocenters. The maximum absolute atomic E-state index is 12.2. The van der Waals surface area contributed by atoms with Crippen LogP contribution in [0.15, 0.2) is 14.7 Å². The highest BCUT2D eigenvalue weighted by Gasteiger charge is 2.26. The lowest BCUT2D eigenvalue weighted by Gasteiger charge is -2.10. The number of hydrogen-bond acceptors (Lipinski definition) is 5. The van der Waals surface area contributed by atoms with Crippen molar-refractivity contribution >= 4 is 37.3 Å². The number of sulfonamides is 1. The zero-order valence-corrected chi connectivity index (χ0v) is 13.1. The second-order valence-corrected chi connectivity index (χ2v) is 8.20. The molecule has 0 bridgehead atoms. The van der Waals surface area contributed by atoms with Crippen molar-refractivity contribution < 1.29 is 13.2 Å². The number of nitrogens with one attached hydrogen (secondary N) is 2. The van der Waals surface area contributed by atoms with Crippen LogP contribution in [0.25, 0.3) is 0 Å².